The molecule has 0 N–H and O–H groups in total. The molecule has 0 aromatic rings. The SMILES string of the molecule is C/C=C1\CN2C(=O)OC[C@H]2[C@@H]1C. The van der Waals surface area contributed by atoms with Gasteiger partial charge in [0, 0.05) is 12.5 Å². The quantitative estimate of drug-likeness (QED) is 0.510. The summed E-state index contributed by atoms with van der Waals surface area (Å²) in [7, 11) is 0. The largest absolute Gasteiger partial charge is 0.447 e. The van der Waals surface area contributed by atoms with E-state index in [0.717, 1.165) is 6.54 Å². The minimum absolute atomic E-state index is 0.149. The normalized spacial score (nSPS) is 37.3. The topological polar surface area (TPSA) is 29.5 Å². The van der Waals surface area contributed by atoms with Crippen molar-refractivity contribution in [3.05, 3.63) is 11.6 Å². The highest BCUT2D eigenvalue weighted by Crippen LogP contribution is 2.32. The molecule has 2 aliphatic heterocycles. The van der Waals surface area contributed by atoms with Crippen LogP contribution in [0, 0.1) is 5.92 Å². The van der Waals surface area contributed by atoms with Crippen molar-refractivity contribution >= 4 is 6.09 Å². The van der Waals surface area contributed by atoms with Crippen molar-refractivity contribution in [2.24, 2.45) is 5.92 Å². The highest BCUT2D eigenvalue weighted by atomic mass is 16.6. The van der Waals surface area contributed by atoms with E-state index in [1.807, 2.05) is 11.8 Å². The number of cyclic esters (lactones) is 1. The first-order chi connectivity index (χ1) is 5.74. The lowest BCUT2D eigenvalue weighted by Gasteiger charge is -2.11. The van der Waals surface area contributed by atoms with Crippen molar-refractivity contribution in [1.29, 1.82) is 0 Å². The van der Waals surface area contributed by atoms with Crippen molar-refractivity contribution < 1.29 is 9.53 Å². The van der Waals surface area contributed by atoms with Crippen molar-refractivity contribution in [1.82, 2.24) is 4.90 Å². The minimum Gasteiger partial charge on any atom is -0.447 e. The molecule has 3 nitrogen and oxygen atoms in total. The molecule has 3 heteroatoms. The van der Waals surface area contributed by atoms with Crippen molar-refractivity contribution in [2.75, 3.05) is 13.2 Å². The molecule has 2 fully saturated rings. The fraction of sp³-hybridized carbons (Fsp3) is 0.667. The number of fused-ring (bicyclic) bond motifs is 1. The van der Waals surface area contributed by atoms with E-state index < -0.39 is 0 Å². The molecule has 0 saturated carbocycles. The zero-order chi connectivity index (χ0) is 8.72. The molecule has 2 atom stereocenters. The van der Waals surface area contributed by atoms with E-state index >= 15 is 0 Å². The predicted octanol–water partition coefficient (Wildman–Crippen LogP) is 1.40. The summed E-state index contributed by atoms with van der Waals surface area (Å²) in [6, 6.07) is 0.295. The molecular weight excluding hydrogens is 154 g/mol. The molecule has 0 aromatic heterocycles. The third-order valence-electron chi connectivity index (χ3n) is 2.90. The number of nitrogens with zero attached hydrogens (tertiary/aromatic N) is 1. The van der Waals surface area contributed by atoms with Crippen LogP contribution in [-0.2, 0) is 4.74 Å². The molecule has 0 spiro atoms. The van der Waals surface area contributed by atoms with Gasteiger partial charge in [-0.1, -0.05) is 13.0 Å². The lowest BCUT2D eigenvalue weighted by Crippen LogP contribution is -2.29. The second-order valence-electron chi connectivity index (χ2n) is 3.42. The summed E-state index contributed by atoms with van der Waals surface area (Å²) in [5, 5.41) is 0. The highest BCUT2D eigenvalue weighted by molar-refractivity contribution is 5.71. The molecule has 2 saturated heterocycles. The van der Waals surface area contributed by atoms with Crippen LogP contribution in [0.15, 0.2) is 11.6 Å². The summed E-state index contributed by atoms with van der Waals surface area (Å²) in [4.78, 5) is 13.0. The van der Waals surface area contributed by atoms with Crippen LogP contribution in [-0.4, -0.2) is 30.2 Å². The van der Waals surface area contributed by atoms with Crippen LogP contribution in [0.5, 0.6) is 0 Å². The monoisotopic (exact) mass is 167 g/mol. The molecule has 2 aliphatic rings. The van der Waals surface area contributed by atoms with Crippen LogP contribution >= 0.6 is 0 Å². The second kappa shape index (κ2) is 2.51. The molecule has 0 unspecified atom stereocenters. The lowest BCUT2D eigenvalue weighted by atomic mass is 9.99. The van der Waals surface area contributed by atoms with Gasteiger partial charge < -0.3 is 4.74 Å². The van der Waals surface area contributed by atoms with E-state index in [2.05, 4.69) is 13.0 Å². The fourth-order valence-electron chi connectivity index (χ4n) is 2.00. The summed E-state index contributed by atoms with van der Waals surface area (Å²) >= 11 is 0. The van der Waals surface area contributed by atoms with Gasteiger partial charge in [0.2, 0.25) is 0 Å². The lowest BCUT2D eigenvalue weighted by molar-refractivity contribution is 0.160. The van der Waals surface area contributed by atoms with E-state index in [-0.39, 0.29) is 6.09 Å². The van der Waals surface area contributed by atoms with Gasteiger partial charge in [-0.2, -0.15) is 0 Å². The Hall–Kier alpha value is -0.990. The van der Waals surface area contributed by atoms with Crippen LogP contribution in [0.4, 0.5) is 4.79 Å². The maximum Gasteiger partial charge on any atom is 0.410 e. The number of carbonyl (C=O) groups is 1. The molecule has 1 amide bonds. The molecule has 2 heterocycles. The Labute approximate surface area is 72.0 Å². The van der Waals surface area contributed by atoms with Crippen molar-refractivity contribution in [3.63, 3.8) is 0 Å². The molecule has 0 aliphatic carbocycles. The van der Waals surface area contributed by atoms with Crippen molar-refractivity contribution in [3.8, 4) is 0 Å². The standard InChI is InChI=1S/C9H13NO2/c1-3-7-4-10-8(6(7)2)5-12-9(10)11/h3,6,8H,4-5H2,1-2H3/b7-3+/t6-,8+/m1/s1. The highest BCUT2D eigenvalue weighted by Gasteiger charge is 2.43. The molecule has 0 aromatic carbocycles. The first kappa shape index (κ1) is 7.65. The van der Waals surface area contributed by atoms with E-state index in [9.17, 15) is 4.79 Å². The van der Waals surface area contributed by atoms with Gasteiger partial charge in [-0.15, -0.1) is 0 Å². The first-order valence-corrected chi connectivity index (χ1v) is 4.32. The van der Waals surface area contributed by atoms with E-state index in [0.29, 0.717) is 18.6 Å². The Morgan fingerprint density at radius 3 is 3.00 bits per heavy atom. The fourth-order valence-corrected chi connectivity index (χ4v) is 2.00. The van der Waals surface area contributed by atoms with Gasteiger partial charge in [0.1, 0.15) is 6.61 Å². The predicted molar refractivity (Wildman–Crippen MR) is 44.8 cm³/mol. The molecule has 2 rings (SSSR count). The van der Waals surface area contributed by atoms with Gasteiger partial charge in [-0.3, -0.25) is 4.90 Å². The number of ether oxygens (including phenoxy) is 1. The summed E-state index contributed by atoms with van der Waals surface area (Å²) in [5.74, 6) is 0.474. The van der Waals surface area contributed by atoms with Gasteiger partial charge in [-0.05, 0) is 12.5 Å². The van der Waals surface area contributed by atoms with E-state index in [4.69, 9.17) is 4.74 Å². The maximum atomic E-state index is 11.1. The Bertz CT molecular complexity index is 247. The van der Waals surface area contributed by atoms with Crippen LogP contribution in [0.3, 0.4) is 0 Å². The first-order valence-electron chi connectivity index (χ1n) is 4.32. The average Bonchev–Trinajstić information content (AvgIpc) is 2.55. The number of amides is 1. The van der Waals surface area contributed by atoms with Gasteiger partial charge in [0.05, 0.1) is 6.04 Å². The molecule has 66 valence electrons. The van der Waals surface area contributed by atoms with E-state index in [1.165, 1.54) is 5.57 Å². The van der Waals surface area contributed by atoms with Gasteiger partial charge in [0.15, 0.2) is 0 Å². The summed E-state index contributed by atoms with van der Waals surface area (Å²) in [6.45, 7) is 5.51. The third-order valence-corrected chi connectivity index (χ3v) is 2.90. The zero-order valence-electron chi connectivity index (χ0n) is 7.41. The average molecular weight is 167 g/mol. The number of rotatable bonds is 0. The summed E-state index contributed by atoms with van der Waals surface area (Å²) in [5.41, 5.74) is 1.36. The minimum atomic E-state index is -0.149. The molecule has 0 radical (unpaired) electrons. The Morgan fingerprint density at radius 2 is 2.42 bits per heavy atom. The molecule has 12 heavy (non-hydrogen) atoms. The Kier molecular flexibility index (Phi) is 1.60. The van der Waals surface area contributed by atoms with E-state index in [1.54, 1.807) is 0 Å². The van der Waals surface area contributed by atoms with Crippen LogP contribution in [0.2, 0.25) is 0 Å². The number of hydrogen-bond acceptors (Lipinski definition) is 2. The van der Waals surface area contributed by atoms with Crippen LogP contribution in [0.25, 0.3) is 0 Å². The molecule has 0 bridgehead atoms. The smallest absolute Gasteiger partial charge is 0.410 e. The molecular formula is C9H13NO2. The van der Waals surface area contributed by atoms with Crippen LogP contribution < -0.4 is 0 Å². The number of carbonyl (C=O) groups excluding carboxylic acids is 1. The van der Waals surface area contributed by atoms with Gasteiger partial charge in [0.25, 0.3) is 0 Å². The van der Waals surface area contributed by atoms with Gasteiger partial charge >= 0.3 is 6.09 Å². The Balaban J connectivity index is 2.24. The third kappa shape index (κ3) is 0.854. The maximum absolute atomic E-state index is 11.1. The van der Waals surface area contributed by atoms with Crippen LogP contribution in [0.1, 0.15) is 13.8 Å². The zero-order valence-corrected chi connectivity index (χ0v) is 7.41. The number of allylic oxidation sites excluding steroid dienone is 1. The van der Waals surface area contributed by atoms with Crippen molar-refractivity contribution in [2.45, 2.75) is 19.9 Å². The van der Waals surface area contributed by atoms with Gasteiger partial charge in [-0.25, -0.2) is 4.79 Å². The summed E-state index contributed by atoms with van der Waals surface area (Å²) < 4.78 is 4.94. The Morgan fingerprint density at radius 1 is 1.67 bits per heavy atom. The second-order valence-corrected chi connectivity index (χ2v) is 3.42. The summed E-state index contributed by atoms with van der Waals surface area (Å²) in [6.07, 6.45) is 1.96. The number of hydrogen-bond donors (Lipinski definition) is 0.